The maximum absolute atomic E-state index is 11.5. The van der Waals surface area contributed by atoms with Gasteiger partial charge in [-0.15, -0.1) is 0 Å². The Bertz CT molecular complexity index is 80.3. The lowest BCUT2D eigenvalue weighted by Crippen LogP contribution is -2.05. The highest BCUT2D eigenvalue weighted by Gasteiger charge is 2.15. The zero-order valence-electron chi connectivity index (χ0n) is 8.95. The van der Waals surface area contributed by atoms with Crippen LogP contribution in [0, 0.1) is 5.92 Å². The van der Waals surface area contributed by atoms with Crippen LogP contribution in [0.25, 0.3) is 0 Å². The van der Waals surface area contributed by atoms with Crippen molar-refractivity contribution in [1.29, 1.82) is 0 Å². The van der Waals surface area contributed by atoms with Crippen molar-refractivity contribution in [2.75, 3.05) is 0 Å². The zero-order valence-corrected chi connectivity index (χ0v) is 8.95. The Morgan fingerprint density at radius 2 is 1.33 bits per heavy atom. The Labute approximate surface area is 75.4 Å². The molecule has 0 nitrogen and oxygen atoms in total. The average molecular weight is 180 g/mol. The zero-order chi connectivity index (χ0) is 10.2. The molecule has 0 rings (SSSR count). The molecular weight excluding hydrogens is 158 g/mol. The van der Waals surface area contributed by atoms with Gasteiger partial charge in [0.2, 0.25) is 5.92 Å². The highest BCUT2D eigenvalue weighted by atomic mass is 19.3. The second-order valence-electron chi connectivity index (χ2n) is 3.35. The third-order valence-corrected chi connectivity index (χ3v) is 2.01. The maximum atomic E-state index is 11.5. The van der Waals surface area contributed by atoms with Gasteiger partial charge in [-0.2, -0.15) is 0 Å². The lowest BCUT2D eigenvalue weighted by atomic mass is 10.1. The van der Waals surface area contributed by atoms with E-state index >= 15 is 0 Å². The van der Waals surface area contributed by atoms with Gasteiger partial charge in [-0.1, -0.05) is 40.5 Å². The molecule has 0 aliphatic rings. The second-order valence-corrected chi connectivity index (χ2v) is 3.35. The van der Waals surface area contributed by atoms with Crippen molar-refractivity contribution < 1.29 is 8.78 Å². The minimum atomic E-state index is -2.46. The number of alkyl halides is 2. The smallest absolute Gasteiger partial charge is 0.207 e. The standard InChI is InChI=1S/C6H14.C4H8F2/c1-4-6(3)5-2;1-3-4(2,5)6/h6H,4-5H2,1-3H3;3H2,1-2H3. The highest BCUT2D eigenvalue weighted by molar-refractivity contribution is 4.50. The third kappa shape index (κ3) is 16.4. The molecule has 0 atom stereocenters. The summed E-state index contributed by atoms with van der Waals surface area (Å²) < 4.78 is 22.9. The predicted octanol–water partition coefficient (Wildman–Crippen LogP) is 4.49. The van der Waals surface area contributed by atoms with Crippen molar-refractivity contribution in [3.8, 4) is 0 Å². The molecule has 2 heteroatoms. The normalized spacial score (nSPS) is 11.0. The van der Waals surface area contributed by atoms with Crippen molar-refractivity contribution in [3.05, 3.63) is 0 Å². The van der Waals surface area contributed by atoms with E-state index in [4.69, 9.17) is 0 Å². The van der Waals surface area contributed by atoms with Gasteiger partial charge >= 0.3 is 0 Å². The summed E-state index contributed by atoms with van der Waals surface area (Å²) in [6.45, 7) is 9.11. The van der Waals surface area contributed by atoms with Crippen LogP contribution in [-0.4, -0.2) is 5.92 Å². The highest BCUT2D eigenvalue weighted by Crippen LogP contribution is 2.14. The van der Waals surface area contributed by atoms with Crippen LogP contribution in [0.15, 0.2) is 0 Å². The average Bonchev–Trinajstić information content (AvgIpc) is 2.03. The fourth-order valence-corrected chi connectivity index (χ4v) is 0.289. The van der Waals surface area contributed by atoms with Gasteiger partial charge in [-0.3, -0.25) is 0 Å². The maximum Gasteiger partial charge on any atom is 0.245 e. The van der Waals surface area contributed by atoms with Gasteiger partial charge in [0.25, 0.3) is 0 Å². The van der Waals surface area contributed by atoms with E-state index in [1.165, 1.54) is 19.8 Å². The van der Waals surface area contributed by atoms with Crippen molar-refractivity contribution in [2.24, 2.45) is 5.92 Å². The minimum Gasteiger partial charge on any atom is -0.207 e. The van der Waals surface area contributed by atoms with Crippen LogP contribution in [0.1, 0.15) is 53.9 Å². The summed E-state index contributed by atoms with van der Waals surface area (Å²) >= 11 is 0. The molecular formula is C10H22F2. The lowest BCUT2D eigenvalue weighted by molar-refractivity contribution is 0.0181. The molecule has 0 unspecified atom stereocenters. The van der Waals surface area contributed by atoms with Crippen molar-refractivity contribution in [2.45, 2.75) is 59.8 Å². The first-order chi connectivity index (χ1) is 5.37. The van der Waals surface area contributed by atoms with Gasteiger partial charge in [-0.05, 0) is 12.8 Å². The van der Waals surface area contributed by atoms with Gasteiger partial charge < -0.3 is 0 Å². The fraction of sp³-hybridized carbons (Fsp3) is 1.00. The molecule has 0 aliphatic heterocycles. The molecule has 12 heavy (non-hydrogen) atoms. The van der Waals surface area contributed by atoms with Gasteiger partial charge in [0.05, 0.1) is 0 Å². The second kappa shape index (κ2) is 7.51. The molecule has 0 aromatic heterocycles. The van der Waals surface area contributed by atoms with E-state index in [2.05, 4.69) is 20.8 Å². The molecule has 0 amide bonds. The Morgan fingerprint density at radius 1 is 1.08 bits per heavy atom. The van der Waals surface area contributed by atoms with Crippen molar-refractivity contribution >= 4 is 0 Å². The van der Waals surface area contributed by atoms with Crippen molar-refractivity contribution in [3.63, 3.8) is 0 Å². The molecule has 0 heterocycles. The number of hydrogen-bond acceptors (Lipinski definition) is 0. The van der Waals surface area contributed by atoms with Crippen LogP contribution in [0.3, 0.4) is 0 Å². The molecule has 76 valence electrons. The molecule has 0 radical (unpaired) electrons. The van der Waals surface area contributed by atoms with Crippen LogP contribution < -0.4 is 0 Å². The van der Waals surface area contributed by atoms with Crippen LogP contribution in [0.5, 0.6) is 0 Å². The first-order valence-electron chi connectivity index (χ1n) is 4.75. The topological polar surface area (TPSA) is 0 Å². The SMILES string of the molecule is CCC(C)(F)F.CCC(C)CC. The largest absolute Gasteiger partial charge is 0.245 e. The Hall–Kier alpha value is -0.140. The summed E-state index contributed by atoms with van der Waals surface area (Å²) in [5.41, 5.74) is 0. The van der Waals surface area contributed by atoms with Gasteiger partial charge in [-0.25, -0.2) is 8.78 Å². The number of halogens is 2. The first kappa shape index (κ1) is 14.4. The van der Waals surface area contributed by atoms with E-state index < -0.39 is 5.92 Å². The molecule has 0 aromatic rings. The summed E-state index contributed by atoms with van der Waals surface area (Å²) in [4.78, 5) is 0. The molecule has 0 spiro atoms. The molecule has 0 saturated heterocycles. The van der Waals surface area contributed by atoms with Gasteiger partial charge in [0.15, 0.2) is 0 Å². The van der Waals surface area contributed by atoms with E-state index in [1.54, 1.807) is 0 Å². The van der Waals surface area contributed by atoms with Crippen molar-refractivity contribution in [1.82, 2.24) is 0 Å². The fourth-order valence-electron chi connectivity index (χ4n) is 0.289. The Morgan fingerprint density at radius 3 is 1.33 bits per heavy atom. The summed E-state index contributed by atoms with van der Waals surface area (Å²) in [5, 5.41) is 0. The molecule has 0 bridgehead atoms. The monoisotopic (exact) mass is 180 g/mol. The van der Waals surface area contributed by atoms with E-state index in [-0.39, 0.29) is 6.42 Å². The summed E-state index contributed by atoms with van der Waals surface area (Å²) in [7, 11) is 0. The summed E-state index contributed by atoms with van der Waals surface area (Å²) in [6, 6.07) is 0. The quantitative estimate of drug-likeness (QED) is 0.600. The van der Waals surface area contributed by atoms with Crippen LogP contribution in [-0.2, 0) is 0 Å². The van der Waals surface area contributed by atoms with Gasteiger partial charge in [0.1, 0.15) is 0 Å². The first-order valence-corrected chi connectivity index (χ1v) is 4.75. The van der Waals surface area contributed by atoms with E-state index in [9.17, 15) is 8.78 Å². The molecule has 0 fully saturated rings. The van der Waals surface area contributed by atoms with Crippen LogP contribution in [0.4, 0.5) is 8.78 Å². The van der Waals surface area contributed by atoms with Crippen LogP contribution >= 0.6 is 0 Å². The molecule has 0 saturated carbocycles. The molecule has 0 aromatic carbocycles. The van der Waals surface area contributed by atoms with E-state index in [1.807, 2.05) is 0 Å². The Kier molecular flexibility index (Phi) is 9.00. The third-order valence-electron chi connectivity index (χ3n) is 2.01. The number of hydrogen-bond donors (Lipinski definition) is 0. The molecule has 0 aliphatic carbocycles. The van der Waals surface area contributed by atoms with Gasteiger partial charge in [0, 0.05) is 6.42 Å². The lowest BCUT2D eigenvalue weighted by Gasteiger charge is -2.02. The molecule has 0 N–H and O–H groups in total. The van der Waals surface area contributed by atoms with Crippen LogP contribution in [0.2, 0.25) is 0 Å². The van der Waals surface area contributed by atoms with E-state index in [0.29, 0.717) is 0 Å². The minimum absolute atomic E-state index is 0.0625. The Balaban J connectivity index is 0. The van der Waals surface area contributed by atoms with E-state index in [0.717, 1.165) is 12.8 Å². The predicted molar refractivity (Wildman–Crippen MR) is 50.7 cm³/mol. The summed E-state index contributed by atoms with van der Waals surface area (Å²) in [6.07, 6.45) is 2.60. The summed E-state index contributed by atoms with van der Waals surface area (Å²) in [5.74, 6) is -1.52. The number of rotatable bonds is 3.